The number of rotatable bonds is 4. The van der Waals surface area contributed by atoms with E-state index in [2.05, 4.69) is 10.5 Å². The van der Waals surface area contributed by atoms with Crippen molar-refractivity contribution in [3.05, 3.63) is 24.3 Å². The van der Waals surface area contributed by atoms with Crippen LogP contribution < -0.4 is 14.9 Å². The zero-order chi connectivity index (χ0) is 13.7. The molecule has 0 saturated carbocycles. The van der Waals surface area contributed by atoms with E-state index < -0.39 is 6.10 Å². The van der Waals surface area contributed by atoms with Gasteiger partial charge < -0.3 is 9.47 Å². The monoisotopic (exact) mass is 262 g/mol. The van der Waals surface area contributed by atoms with E-state index in [1.165, 1.54) is 0 Å². The van der Waals surface area contributed by atoms with Crippen LogP contribution in [-0.2, 0) is 4.79 Å². The highest BCUT2D eigenvalue weighted by Gasteiger charge is 2.27. The minimum Gasteiger partial charge on any atom is -0.485 e. The van der Waals surface area contributed by atoms with Gasteiger partial charge in [-0.3, -0.25) is 4.79 Å². The summed E-state index contributed by atoms with van der Waals surface area (Å²) in [5.41, 5.74) is 3.48. The Labute approximate surface area is 112 Å². The first-order valence-corrected chi connectivity index (χ1v) is 6.48. The lowest BCUT2D eigenvalue weighted by atomic mass is 10.2. The standard InChI is InChI=1S/C14H18N2O3/c1-3-10(4-2)15-16-14(17)13-9-18-11-7-5-6-8-12(11)19-13/h5-8,13H,3-4,9H2,1-2H3,(H,16,17)/t13-/m1/s1. The molecule has 1 aromatic rings. The van der Waals surface area contributed by atoms with Crippen LogP contribution in [0.3, 0.4) is 0 Å². The Bertz CT molecular complexity index is 479. The van der Waals surface area contributed by atoms with Crippen molar-refractivity contribution in [3.63, 3.8) is 0 Å². The third-order valence-electron chi connectivity index (χ3n) is 2.94. The Morgan fingerprint density at radius 1 is 1.32 bits per heavy atom. The van der Waals surface area contributed by atoms with Crippen LogP contribution in [0.4, 0.5) is 0 Å². The number of benzene rings is 1. The summed E-state index contributed by atoms with van der Waals surface area (Å²) in [5, 5.41) is 4.07. The van der Waals surface area contributed by atoms with Crippen LogP contribution in [0.5, 0.6) is 11.5 Å². The van der Waals surface area contributed by atoms with Crippen LogP contribution in [0, 0.1) is 0 Å². The van der Waals surface area contributed by atoms with E-state index in [1.807, 2.05) is 32.0 Å². The van der Waals surface area contributed by atoms with Gasteiger partial charge in [-0.25, -0.2) is 5.43 Å². The number of fused-ring (bicyclic) bond motifs is 1. The third-order valence-corrected chi connectivity index (χ3v) is 2.94. The second-order valence-corrected chi connectivity index (χ2v) is 4.23. The van der Waals surface area contributed by atoms with Gasteiger partial charge in [0.2, 0.25) is 6.10 Å². The molecule has 1 heterocycles. The zero-order valence-corrected chi connectivity index (χ0v) is 11.2. The van der Waals surface area contributed by atoms with Crippen molar-refractivity contribution < 1.29 is 14.3 Å². The largest absolute Gasteiger partial charge is 0.485 e. The van der Waals surface area contributed by atoms with Gasteiger partial charge in [0, 0.05) is 5.71 Å². The van der Waals surface area contributed by atoms with Crippen LogP contribution in [-0.4, -0.2) is 24.3 Å². The number of nitrogens with one attached hydrogen (secondary N) is 1. The first-order valence-electron chi connectivity index (χ1n) is 6.48. The summed E-state index contributed by atoms with van der Waals surface area (Å²) in [5.74, 6) is 0.968. The number of hydrogen-bond donors (Lipinski definition) is 1. The average Bonchev–Trinajstić information content (AvgIpc) is 2.47. The van der Waals surface area contributed by atoms with Gasteiger partial charge in [0.1, 0.15) is 6.61 Å². The second kappa shape index (κ2) is 6.22. The lowest BCUT2D eigenvalue weighted by molar-refractivity contribution is -0.130. The molecule has 0 fully saturated rings. The average molecular weight is 262 g/mol. The lowest BCUT2D eigenvalue weighted by Crippen LogP contribution is -2.42. The van der Waals surface area contributed by atoms with Gasteiger partial charge >= 0.3 is 0 Å². The fourth-order valence-corrected chi connectivity index (χ4v) is 1.76. The predicted molar refractivity (Wildman–Crippen MR) is 72.5 cm³/mol. The first kappa shape index (κ1) is 13.4. The van der Waals surface area contributed by atoms with Gasteiger partial charge in [-0.1, -0.05) is 26.0 Å². The molecule has 1 amide bonds. The van der Waals surface area contributed by atoms with Gasteiger partial charge in [0.25, 0.3) is 5.91 Å². The van der Waals surface area contributed by atoms with Crippen LogP contribution in [0.15, 0.2) is 29.4 Å². The molecule has 0 radical (unpaired) electrons. The van der Waals surface area contributed by atoms with Crippen molar-refractivity contribution in [3.8, 4) is 11.5 Å². The number of hydrogen-bond acceptors (Lipinski definition) is 4. The van der Waals surface area contributed by atoms with E-state index in [0.717, 1.165) is 18.6 Å². The maximum atomic E-state index is 11.9. The van der Waals surface area contributed by atoms with Crippen molar-refractivity contribution in [2.24, 2.45) is 5.10 Å². The molecule has 1 aliphatic rings. The molecule has 5 nitrogen and oxygen atoms in total. The molecule has 1 aliphatic heterocycles. The topological polar surface area (TPSA) is 59.9 Å². The maximum absolute atomic E-state index is 11.9. The SMILES string of the molecule is CCC(CC)=NNC(=O)[C@H]1COc2ccccc2O1. The fraction of sp³-hybridized carbons (Fsp3) is 0.429. The molecule has 0 saturated heterocycles. The van der Waals surface area contributed by atoms with Crippen LogP contribution in [0.2, 0.25) is 0 Å². The van der Waals surface area contributed by atoms with Crippen LogP contribution in [0.1, 0.15) is 26.7 Å². The minimum atomic E-state index is -0.659. The van der Waals surface area contributed by atoms with Crippen molar-refractivity contribution in [1.29, 1.82) is 0 Å². The number of hydrazone groups is 1. The Hall–Kier alpha value is -2.04. The molecule has 0 unspecified atom stereocenters. The Morgan fingerprint density at radius 2 is 2.00 bits per heavy atom. The summed E-state index contributed by atoms with van der Waals surface area (Å²) in [6.45, 7) is 4.21. The summed E-state index contributed by atoms with van der Waals surface area (Å²) in [6, 6.07) is 7.30. The van der Waals surface area contributed by atoms with Crippen molar-refractivity contribution >= 4 is 11.6 Å². The molecule has 0 aliphatic carbocycles. The smallest absolute Gasteiger partial charge is 0.284 e. The quantitative estimate of drug-likeness (QED) is 0.668. The van der Waals surface area contributed by atoms with Crippen LogP contribution >= 0.6 is 0 Å². The molecular formula is C14H18N2O3. The van der Waals surface area contributed by atoms with E-state index in [4.69, 9.17) is 9.47 Å². The van der Waals surface area contributed by atoms with E-state index in [-0.39, 0.29) is 12.5 Å². The number of carbonyl (C=O) groups is 1. The minimum absolute atomic E-state index is 0.200. The normalized spacial score (nSPS) is 16.6. The summed E-state index contributed by atoms with van der Waals surface area (Å²) < 4.78 is 11.1. The van der Waals surface area contributed by atoms with Gasteiger partial charge in [-0.05, 0) is 25.0 Å². The van der Waals surface area contributed by atoms with E-state index >= 15 is 0 Å². The van der Waals surface area contributed by atoms with E-state index in [0.29, 0.717) is 11.5 Å². The molecule has 0 spiro atoms. The zero-order valence-electron chi connectivity index (χ0n) is 11.2. The Morgan fingerprint density at radius 3 is 2.68 bits per heavy atom. The number of nitrogens with zero attached hydrogens (tertiary/aromatic N) is 1. The maximum Gasteiger partial charge on any atom is 0.284 e. The lowest BCUT2D eigenvalue weighted by Gasteiger charge is -2.24. The summed E-state index contributed by atoms with van der Waals surface area (Å²) in [7, 11) is 0. The molecule has 5 heteroatoms. The first-order chi connectivity index (χ1) is 9.24. The number of carbonyl (C=O) groups excluding carboxylic acids is 1. The van der Waals surface area contributed by atoms with Crippen molar-refractivity contribution in [1.82, 2.24) is 5.43 Å². The van der Waals surface area contributed by atoms with Crippen molar-refractivity contribution in [2.75, 3.05) is 6.61 Å². The third kappa shape index (κ3) is 3.24. The molecule has 19 heavy (non-hydrogen) atoms. The van der Waals surface area contributed by atoms with Gasteiger partial charge in [0.15, 0.2) is 11.5 Å². The molecule has 2 rings (SSSR count). The van der Waals surface area contributed by atoms with Gasteiger partial charge in [0.05, 0.1) is 0 Å². The molecule has 1 N–H and O–H groups in total. The van der Waals surface area contributed by atoms with Crippen molar-refractivity contribution in [2.45, 2.75) is 32.8 Å². The van der Waals surface area contributed by atoms with Gasteiger partial charge in [-0.2, -0.15) is 5.10 Å². The highest BCUT2D eigenvalue weighted by Crippen LogP contribution is 2.30. The highest BCUT2D eigenvalue weighted by atomic mass is 16.6. The molecule has 0 bridgehead atoms. The predicted octanol–water partition coefficient (Wildman–Crippen LogP) is 2.12. The van der Waals surface area contributed by atoms with E-state index in [9.17, 15) is 4.79 Å². The molecule has 102 valence electrons. The van der Waals surface area contributed by atoms with E-state index in [1.54, 1.807) is 6.07 Å². The fourth-order valence-electron chi connectivity index (χ4n) is 1.76. The number of para-hydroxylation sites is 2. The molecule has 1 atom stereocenters. The summed E-state index contributed by atoms with van der Waals surface area (Å²) in [6.07, 6.45) is 0.983. The van der Waals surface area contributed by atoms with Gasteiger partial charge in [-0.15, -0.1) is 0 Å². The summed E-state index contributed by atoms with van der Waals surface area (Å²) in [4.78, 5) is 11.9. The molecule has 1 aromatic carbocycles. The molecular weight excluding hydrogens is 244 g/mol. The Balaban J connectivity index is 1.97. The highest BCUT2D eigenvalue weighted by molar-refractivity contribution is 5.87. The second-order valence-electron chi connectivity index (χ2n) is 4.23. The number of amides is 1. The van der Waals surface area contributed by atoms with Crippen LogP contribution in [0.25, 0.3) is 0 Å². The molecule has 0 aromatic heterocycles. The Kier molecular flexibility index (Phi) is 4.39. The number of ether oxygens (including phenoxy) is 2. The summed E-state index contributed by atoms with van der Waals surface area (Å²) >= 11 is 0.